The number of aliphatic hydroxyl groups is 1. The third kappa shape index (κ3) is 4.90. The second kappa shape index (κ2) is 9.54. The highest BCUT2D eigenvalue weighted by molar-refractivity contribution is 6.03. The number of aromatic nitrogens is 2. The van der Waals surface area contributed by atoms with Crippen LogP contribution < -0.4 is 11.0 Å². The average molecular weight is 435 g/mol. The molecule has 2 aromatic carbocycles. The van der Waals surface area contributed by atoms with Gasteiger partial charge < -0.3 is 19.9 Å². The van der Waals surface area contributed by atoms with Gasteiger partial charge in [-0.25, -0.2) is 9.59 Å². The largest absolute Gasteiger partial charge is 0.459 e. The first-order valence-corrected chi connectivity index (χ1v) is 10.0. The Morgan fingerprint density at radius 1 is 1.06 bits per heavy atom. The van der Waals surface area contributed by atoms with Gasteiger partial charge >= 0.3 is 11.7 Å². The van der Waals surface area contributed by atoms with Crippen molar-refractivity contribution < 1.29 is 24.2 Å². The molecule has 4 rings (SSSR count). The second-order valence-corrected chi connectivity index (χ2v) is 7.22. The van der Waals surface area contributed by atoms with E-state index in [1.54, 1.807) is 60.7 Å². The minimum atomic E-state index is -0.923. The Kier molecular flexibility index (Phi) is 6.39. The number of ether oxygens (including phenoxy) is 2. The Bertz CT molecular complexity index is 1150. The minimum Gasteiger partial charge on any atom is -0.459 e. The maximum atomic E-state index is 12.5. The van der Waals surface area contributed by atoms with Gasteiger partial charge in [0.15, 0.2) is 0 Å². The lowest BCUT2D eigenvalue weighted by Gasteiger charge is -2.16. The molecule has 2 heterocycles. The van der Waals surface area contributed by atoms with Crippen LogP contribution in [-0.2, 0) is 9.47 Å². The van der Waals surface area contributed by atoms with Crippen LogP contribution in [0.2, 0.25) is 0 Å². The van der Waals surface area contributed by atoms with Crippen LogP contribution in [0.5, 0.6) is 0 Å². The Morgan fingerprint density at radius 2 is 1.72 bits per heavy atom. The van der Waals surface area contributed by atoms with Crippen LogP contribution in [0, 0.1) is 0 Å². The molecule has 32 heavy (non-hydrogen) atoms. The molecule has 9 nitrogen and oxygen atoms in total. The number of anilines is 1. The fraction of sp³-hybridized carbons (Fsp3) is 0.217. The van der Waals surface area contributed by atoms with E-state index >= 15 is 0 Å². The zero-order valence-corrected chi connectivity index (χ0v) is 17.0. The lowest BCUT2D eigenvalue weighted by molar-refractivity contribution is -0.0531. The number of amides is 1. The Balaban J connectivity index is 1.37. The number of hydrogen-bond acceptors (Lipinski definition) is 7. The van der Waals surface area contributed by atoms with E-state index in [9.17, 15) is 19.5 Å². The molecule has 0 spiro atoms. The van der Waals surface area contributed by atoms with Gasteiger partial charge in [-0.2, -0.15) is 4.98 Å². The van der Waals surface area contributed by atoms with Gasteiger partial charge in [0.05, 0.1) is 11.7 Å². The minimum absolute atomic E-state index is 0.104. The predicted octanol–water partition coefficient (Wildman–Crippen LogP) is 2.00. The van der Waals surface area contributed by atoms with E-state index in [1.807, 2.05) is 0 Å². The SMILES string of the molecule is O=C(Nc1ccn([C@H]2C[C@H](O)[C@@H](COC(=O)c3ccccc3)O2)c(=O)n1)c1ccccc1. The zero-order chi connectivity index (χ0) is 22.5. The van der Waals surface area contributed by atoms with Crippen molar-refractivity contribution in [2.75, 3.05) is 11.9 Å². The average Bonchev–Trinajstić information content (AvgIpc) is 3.18. The Morgan fingerprint density at radius 3 is 2.38 bits per heavy atom. The summed E-state index contributed by atoms with van der Waals surface area (Å²) in [7, 11) is 0. The van der Waals surface area contributed by atoms with Gasteiger partial charge in [0.1, 0.15) is 24.8 Å². The third-order valence-corrected chi connectivity index (χ3v) is 5.01. The number of esters is 1. The van der Waals surface area contributed by atoms with Crippen molar-refractivity contribution >= 4 is 17.7 Å². The van der Waals surface area contributed by atoms with Crippen molar-refractivity contribution in [2.45, 2.75) is 24.9 Å². The summed E-state index contributed by atoms with van der Waals surface area (Å²) in [6.07, 6.45) is -0.912. The van der Waals surface area contributed by atoms with E-state index in [0.717, 1.165) is 0 Å². The summed E-state index contributed by atoms with van der Waals surface area (Å²) in [5.41, 5.74) is 0.189. The summed E-state index contributed by atoms with van der Waals surface area (Å²) in [4.78, 5) is 40.6. The zero-order valence-electron chi connectivity index (χ0n) is 17.0. The van der Waals surface area contributed by atoms with Gasteiger partial charge in [-0.1, -0.05) is 36.4 Å². The smallest absolute Gasteiger partial charge is 0.351 e. The van der Waals surface area contributed by atoms with Crippen LogP contribution in [0.3, 0.4) is 0 Å². The quantitative estimate of drug-likeness (QED) is 0.568. The van der Waals surface area contributed by atoms with Gasteiger partial charge in [0.2, 0.25) is 0 Å². The van der Waals surface area contributed by atoms with Crippen molar-refractivity contribution in [1.82, 2.24) is 9.55 Å². The normalized spacial score (nSPS) is 20.0. The summed E-state index contributed by atoms with van der Waals surface area (Å²) in [6, 6.07) is 18.5. The number of nitrogens with zero attached hydrogens (tertiary/aromatic N) is 2. The molecule has 0 bridgehead atoms. The van der Waals surface area contributed by atoms with Crippen LogP contribution >= 0.6 is 0 Å². The number of benzene rings is 2. The van der Waals surface area contributed by atoms with Crippen LogP contribution in [0.15, 0.2) is 77.7 Å². The van der Waals surface area contributed by atoms with E-state index in [-0.39, 0.29) is 24.8 Å². The van der Waals surface area contributed by atoms with Crippen LogP contribution in [-0.4, -0.2) is 45.3 Å². The molecule has 0 aliphatic carbocycles. The molecule has 3 aromatic rings. The van der Waals surface area contributed by atoms with Gasteiger partial charge in [0, 0.05) is 18.2 Å². The van der Waals surface area contributed by atoms with Crippen LogP contribution in [0.25, 0.3) is 0 Å². The number of aliphatic hydroxyl groups excluding tert-OH is 1. The number of hydrogen-bond donors (Lipinski definition) is 2. The van der Waals surface area contributed by atoms with Gasteiger partial charge in [0.25, 0.3) is 5.91 Å². The van der Waals surface area contributed by atoms with Crippen molar-refractivity contribution in [3.05, 3.63) is 94.5 Å². The number of rotatable bonds is 6. The van der Waals surface area contributed by atoms with E-state index in [2.05, 4.69) is 10.3 Å². The third-order valence-electron chi connectivity index (χ3n) is 5.01. The molecule has 164 valence electrons. The van der Waals surface area contributed by atoms with Gasteiger partial charge in [-0.05, 0) is 30.3 Å². The number of carbonyl (C=O) groups excluding carboxylic acids is 2. The lowest BCUT2D eigenvalue weighted by Crippen LogP contribution is -2.29. The van der Waals surface area contributed by atoms with E-state index in [1.165, 1.54) is 16.8 Å². The van der Waals surface area contributed by atoms with Crippen molar-refractivity contribution in [3.63, 3.8) is 0 Å². The van der Waals surface area contributed by atoms with Gasteiger partial charge in [-0.3, -0.25) is 9.36 Å². The standard InChI is InChI=1S/C23H21N3O6/c27-17-13-20(32-18(17)14-31-22(29)16-9-5-2-6-10-16)26-12-11-19(25-23(26)30)24-21(28)15-7-3-1-4-8-15/h1-12,17-18,20,27H,13-14H2,(H,24,25,28,30)/t17-,18+,20+/m0/s1. The summed E-state index contributed by atoms with van der Waals surface area (Å²) < 4.78 is 12.2. The van der Waals surface area contributed by atoms with E-state index < -0.39 is 30.1 Å². The molecule has 0 saturated carbocycles. The molecule has 1 amide bonds. The lowest BCUT2D eigenvalue weighted by atomic mass is 10.2. The topological polar surface area (TPSA) is 120 Å². The van der Waals surface area contributed by atoms with Crippen molar-refractivity contribution in [2.24, 2.45) is 0 Å². The molecular formula is C23H21N3O6. The maximum absolute atomic E-state index is 12.5. The first-order valence-electron chi connectivity index (χ1n) is 10.0. The molecule has 0 radical (unpaired) electrons. The molecule has 1 aromatic heterocycles. The molecule has 1 aliphatic heterocycles. The molecule has 1 saturated heterocycles. The molecule has 1 aliphatic rings. The predicted molar refractivity (Wildman–Crippen MR) is 114 cm³/mol. The summed E-state index contributed by atoms with van der Waals surface area (Å²) in [5, 5.41) is 12.9. The monoisotopic (exact) mass is 435 g/mol. The highest BCUT2D eigenvalue weighted by Gasteiger charge is 2.36. The molecule has 9 heteroatoms. The van der Waals surface area contributed by atoms with Crippen LogP contribution in [0.1, 0.15) is 33.4 Å². The van der Waals surface area contributed by atoms with E-state index in [4.69, 9.17) is 9.47 Å². The first-order chi connectivity index (χ1) is 15.5. The first kappa shape index (κ1) is 21.4. The molecule has 1 fully saturated rings. The molecule has 3 atom stereocenters. The Hall–Kier alpha value is -3.82. The molecular weight excluding hydrogens is 414 g/mol. The van der Waals surface area contributed by atoms with Crippen LogP contribution in [0.4, 0.5) is 5.82 Å². The van der Waals surface area contributed by atoms with E-state index in [0.29, 0.717) is 11.1 Å². The highest BCUT2D eigenvalue weighted by Crippen LogP contribution is 2.28. The fourth-order valence-electron chi connectivity index (χ4n) is 3.33. The summed E-state index contributed by atoms with van der Waals surface area (Å²) in [5.74, 6) is -0.808. The highest BCUT2D eigenvalue weighted by atomic mass is 16.6. The van der Waals surface area contributed by atoms with Gasteiger partial charge in [-0.15, -0.1) is 0 Å². The molecule has 0 unspecified atom stereocenters. The number of carbonyl (C=O) groups is 2. The number of nitrogens with one attached hydrogen (secondary N) is 1. The second-order valence-electron chi connectivity index (χ2n) is 7.22. The van der Waals surface area contributed by atoms with Crippen molar-refractivity contribution in [3.8, 4) is 0 Å². The summed E-state index contributed by atoms with van der Waals surface area (Å²) >= 11 is 0. The Labute approximate surface area is 183 Å². The molecule has 2 N–H and O–H groups in total. The summed E-state index contributed by atoms with van der Waals surface area (Å²) in [6.45, 7) is -0.154. The maximum Gasteiger partial charge on any atom is 0.351 e. The van der Waals surface area contributed by atoms with Crippen molar-refractivity contribution in [1.29, 1.82) is 0 Å². The fourth-order valence-corrected chi connectivity index (χ4v) is 3.33.